The van der Waals surface area contributed by atoms with Crippen LogP contribution in [0, 0.1) is 6.92 Å². The van der Waals surface area contributed by atoms with Crippen LogP contribution in [0.15, 0.2) is 41.8 Å². The van der Waals surface area contributed by atoms with E-state index < -0.39 is 0 Å². The van der Waals surface area contributed by atoms with Crippen molar-refractivity contribution in [2.75, 3.05) is 13.7 Å². The average molecular weight is 247 g/mol. The zero-order valence-electron chi connectivity index (χ0n) is 10.1. The highest BCUT2D eigenvalue weighted by Gasteiger charge is 2.11. The van der Waals surface area contributed by atoms with Crippen LogP contribution < -0.4 is 10.1 Å². The molecule has 2 aromatic rings. The summed E-state index contributed by atoms with van der Waals surface area (Å²) in [6, 6.07) is 12.4. The van der Waals surface area contributed by atoms with E-state index in [9.17, 15) is 0 Å². The standard InChI is InChI=1S/C14H17NOS/c1-11-8-12(10-17-11)14(15-2)9-16-13-6-4-3-5-7-13/h3-8,10,14-15H,9H2,1-2H3. The van der Waals surface area contributed by atoms with Crippen LogP contribution in [0.4, 0.5) is 0 Å². The van der Waals surface area contributed by atoms with Crippen LogP contribution in [-0.2, 0) is 0 Å². The van der Waals surface area contributed by atoms with Gasteiger partial charge in [0.25, 0.3) is 0 Å². The summed E-state index contributed by atoms with van der Waals surface area (Å²) in [6.45, 7) is 2.77. The van der Waals surface area contributed by atoms with Crippen molar-refractivity contribution in [2.45, 2.75) is 13.0 Å². The van der Waals surface area contributed by atoms with Crippen LogP contribution in [-0.4, -0.2) is 13.7 Å². The molecule has 1 aromatic carbocycles. The number of benzene rings is 1. The van der Waals surface area contributed by atoms with Crippen LogP contribution in [0.5, 0.6) is 5.75 Å². The van der Waals surface area contributed by atoms with E-state index in [1.54, 1.807) is 11.3 Å². The Balaban J connectivity index is 1.97. The third kappa shape index (κ3) is 3.32. The van der Waals surface area contributed by atoms with E-state index in [0.717, 1.165) is 5.75 Å². The number of ether oxygens (including phenoxy) is 1. The highest BCUT2D eigenvalue weighted by molar-refractivity contribution is 7.10. The van der Waals surface area contributed by atoms with Gasteiger partial charge in [-0.1, -0.05) is 18.2 Å². The molecule has 0 aliphatic rings. The summed E-state index contributed by atoms with van der Waals surface area (Å²) < 4.78 is 5.76. The third-order valence-corrected chi connectivity index (χ3v) is 3.54. The molecule has 0 aliphatic heterocycles. The number of hydrogen-bond acceptors (Lipinski definition) is 3. The van der Waals surface area contributed by atoms with Gasteiger partial charge in [-0.15, -0.1) is 11.3 Å². The average Bonchev–Trinajstić information content (AvgIpc) is 2.78. The first-order chi connectivity index (χ1) is 8.29. The molecule has 0 saturated heterocycles. The van der Waals surface area contributed by atoms with E-state index in [-0.39, 0.29) is 6.04 Å². The Hall–Kier alpha value is -1.32. The molecule has 0 amide bonds. The zero-order valence-corrected chi connectivity index (χ0v) is 11.0. The Bertz CT molecular complexity index is 452. The molecule has 0 fully saturated rings. The summed E-state index contributed by atoms with van der Waals surface area (Å²) in [4.78, 5) is 1.33. The monoisotopic (exact) mass is 247 g/mol. The minimum atomic E-state index is 0.250. The van der Waals surface area contributed by atoms with Gasteiger partial charge in [-0.25, -0.2) is 0 Å². The number of nitrogens with one attached hydrogen (secondary N) is 1. The maximum Gasteiger partial charge on any atom is 0.119 e. The molecule has 0 saturated carbocycles. The third-order valence-electron chi connectivity index (χ3n) is 2.66. The molecule has 1 heterocycles. The van der Waals surface area contributed by atoms with Gasteiger partial charge in [-0.3, -0.25) is 0 Å². The number of thiophene rings is 1. The first-order valence-corrected chi connectivity index (χ1v) is 6.57. The lowest BCUT2D eigenvalue weighted by molar-refractivity contribution is 0.273. The van der Waals surface area contributed by atoms with Crippen molar-refractivity contribution in [3.63, 3.8) is 0 Å². The van der Waals surface area contributed by atoms with Crippen LogP contribution in [0.1, 0.15) is 16.5 Å². The number of para-hydroxylation sites is 1. The van der Waals surface area contributed by atoms with E-state index in [4.69, 9.17) is 4.74 Å². The van der Waals surface area contributed by atoms with Crippen LogP contribution >= 0.6 is 11.3 Å². The van der Waals surface area contributed by atoms with Gasteiger partial charge in [0.15, 0.2) is 0 Å². The summed E-state index contributed by atoms with van der Waals surface area (Å²) in [5.41, 5.74) is 1.30. The Morgan fingerprint density at radius 3 is 2.65 bits per heavy atom. The molecule has 0 aliphatic carbocycles. The molecule has 1 aromatic heterocycles. The quantitative estimate of drug-likeness (QED) is 0.874. The second kappa shape index (κ2) is 5.84. The van der Waals surface area contributed by atoms with Crippen LogP contribution in [0.25, 0.3) is 0 Å². The smallest absolute Gasteiger partial charge is 0.119 e. The Kier molecular flexibility index (Phi) is 4.18. The molecule has 1 N–H and O–H groups in total. The minimum absolute atomic E-state index is 0.250. The second-order valence-electron chi connectivity index (χ2n) is 3.96. The second-order valence-corrected chi connectivity index (χ2v) is 5.07. The van der Waals surface area contributed by atoms with Crippen LogP contribution in [0.2, 0.25) is 0 Å². The fourth-order valence-corrected chi connectivity index (χ4v) is 2.45. The normalized spacial score (nSPS) is 12.4. The minimum Gasteiger partial charge on any atom is -0.492 e. The summed E-state index contributed by atoms with van der Waals surface area (Å²) in [7, 11) is 1.96. The van der Waals surface area contributed by atoms with E-state index >= 15 is 0 Å². The maximum atomic E-state index is 5.76. The lowest BCUT2D eigenvalue weighted by atomic mass is 10.1. The predicted octanol–water partition coefficient (Wildman–Crippen LogP) is 3.40. The van der Waals surface area contributed by atoms with Crippen molar-refractivity contribution in [1.29, 1.82) is 0 Å². The SMILES string of the molecule is CNC(COc1ccccc1)c1csc(C)c1. The molecular formula is C14H17NOS. The van der Waals surface area contributed by atoms with Crippen molar-refractivity contribution < 1.29 is 4.74 Å². The lowest BCUT2D eigenvalue weighted by Gasteiger charge is -2.15. The zero-order chi connectivity index (χ0) is 12.1. The largest absolute Gasteiger partial charge is 0.492 e. The molecular weight excluding hydrogens is 230 g/mol. The summed E-state index contributed by atoms with van der Waals surface area (Å²) in [5.74, 6) is 0.916. The fraction of sp³-hybridized carbons (Fsp3) is 0.286. The van der Waals surface area contributed by atoms with Gasteiger partial charge in [0.2, 0.25) is 0 Å². The first kappa shape index (κ1) is 12.1. The van der Waals surface area contributed by atoms with Gasteiger partial charge in [-0.05, 0) is 43.1 Å². The van der Waals surface area contributed by atoms with Gasteiger partial charge < -0.3 is 10.1 Å². The molecule has 90 valence electrons. The fourth-order valence-electron chi connectivity index (χ4n) is 1.69. The summed E-state index contributed by atoms with van der Waals surface area (Å²) in [5, 5.41) is 5.47. The van der Waals surface area contributed by atoms with Gasteiger partial charge in [-0.2, -0.15) is 0 Å². The van der Waals surface area contributed by atoms with Crippen molar-refractivity contribution in [3.05, 3.63) is 52.2 Å². The molecule has 1 unspecified atom stereocenters. The topological polar surface area (TPSA) is 21.3 Å². The summed E-state index contributed by atoms with van der Waals surface area (Å²) in [6.07, 6.45) is 0. The van der Waals surface area contributed by atoms with Crippen LogP contribution in [0.3, 0.4) is 0 Å². The van der Waals surface area contributed by atoms with Gasteiger partial charge in [0.05, 0.1) is 6.04 Å². The summed E-state index contributed by atoms with van der Waals surface area (Å²) >= 11 is 1.77. The van der Waals surface area contributed by atoms with E-state index in [1.807, 2.05) is 37.4 Å². The molecule has 0 radical (unpaired) electrons. The van der Waals surface area contributed by atoms with Crippen molar-refractivity contribution in [3.8, 4) is 5.75 Å². The van der Waals surface area contributed by atoms with Crippen molar-refractivity contribution in [1.82, 2.24) is 5.32 Å². The number of rotatable bonds is 5. The van der Waals surface area contributed by atoms with E-state index in [1.165, 1.54) is 10.4 Å². The Morgan fingerprint density at radius 2 is 2.06 bits per heavy atom. The molecule has 1 atom stereocenters. The number of aryl methyl sites for hydroxylation is 1. The molecule has 2 rings (SSSR count). The molecule has 3 heteroatoms. The van der Waals surface area contributed by atoms with Gasteiger partial charge >= 0.3 is 0 Å². The predicted molar refractivity (Wildman–Crippen MR) is 72.8 cm³/mol. The number of hydrogen-bond donors (Lipinski definition) is 1. The molecule has 17 heavy (non-hydrogen) atoms. The molecule has 2 nitrogen and oxygen atoms in total. The molecule has 0 spiro atoms. The first-order valence-electron chi connectivity index (χ1n) is 5.69. The van der Waals surface area contributed by atoms with E-state index in [0.29, 0.717) is 6.61 Å². The van der Waals surface area contributed by atoms with Crippen molar-refractivity contribution >= 4 is 11.3 Å². The van der Waals surface area contributed by atoms with Gasteiger partial charge in [0.1, 0.15) is 12.4 Å². The highest BCUT2D eigenvalue weighted by atomic mass is 32.1. The van der Waals surface area contributed by atoms with Crippen molar-refractivity contribution in [2.24, 2.45) is 0 Å². The molecule has 0 bridgehead atoms. The Labute approximate surface area is 106 Å². The Morgan fingerprint density at radius 1 is 1.29 bits per heavy atom. The lowest BCUT2D eigenvalue weighted by Crippen LogP contribution is -2.22. The van der Waals surface area contributed by atoms with Gasteiger partial charge in [0, 0.05) is 4.88 Å². The van der Waals surface area contributed by atoms with E-state index in [2.05, 4.69) is 23.7 Å². The highest BCUT2D eigenvalue weighted by Crippen LogP contribution is 2.21. The number of likely N-dealkylation sites (N-methyl/N-ethyl adjacent to an activating group) is 1. The maximum absolute atomic E-state index is 5.76.